The highest BCUT2D eigenvalue weighted by atomic mass is 19.1. The molecule has 3 heterocycles. The number of nitrogens with zero attached hydrogens (tertiary/aromatic N) is 6. The molecule has 0 unspecified atom stereocenters. The molecule has 1 aliphatic rings. The first-order chi connectivity index (χ1) is 16.1. The molecule has 1 saturated heterocycles. The van der Waals surface area contributed by atoms with Gasteiger partial charge in [0.1, 0.15) is 11.5 Å². The summed E-state index contributed by atoms with van der Waals surface area (Å²) in [7, 11) is 0. The molecule has 0 spiro atoms. The molecule has 1 amide bonds. The monoisotopic (exact) mass is 442 g/mol. The van der Waals surface area contributed by atoms with Gasteiger partial charge in [0.25, 0.3) is 5.91 Å². The molecular weight excluding hydrogens is 419 g/mol. The smallest absolute Gasteiger partial charge is 0.276 e. The zero-order chi connectivity index (χ0) is 22.8. The Labute approximate surface area is 191 Å². The van der Waals surface area contributed by atoms with Crippen LogP contribution in [0.5, 0.6) is 0 Å². The van der Waals surface area contributed by atoms with Crippen molar-refractivity contribution in [1.29, 1.82) is 0 Å². The van der Waals surface area contributed by atoms with Crippen LogP contribution in [0.4, 0.5) is 10.1 Å². The fraction of sp³-hybridized carbons (Fsp3) is 0.200. The average molecular weight is 442 g/mol. The number of carbonyl (C=O) groups excluding carboxylic acids is 1. The summed E-state index contributed by atoms with van der Waals surface area (Å²) < 4.78 is 15.4. The summed E-state index contributed by atoms with van der Waals surface area (Å²) in [5.74, 6) is -0.462. The van der Waals surface area contributed by atoms with Crippen LogP contribution in [-0.2, 0) is 0 Å². The van der Waals surface area contributed by atoms with Gasteiger partial charge in [-0.05, 0) is 55.0 Å². The average Bonchev–Trinajstić information content (AvgIpc) is 3.32. The molecule has 0 saturated carbocycles. The Hall–Kier alpha value is -4.07. The Morgan fingerprint density at radius 3 is 2.33 bits per heavy atom. The number of piperazine rings is 1. The normalized spacial score (nSPS) is 13.9. The number of carbonyl (C=O) groups is 1. The first kappa shape index (κ1) is 20.8. The van der Waals surface area contributed by atoms with Crippen molar-refractivity contribution in [2.75, 3.05) is 31.1 Å². The Morgan fingerprint density at radius 1 is 0.909 bits per heavy atom. The SMILES string of the molecule is Cc1cc(-n2nnc(C(=O)N3CCN(c4ccccc4)CC3)c2-c2ccncc2)ccc1F. The minimum atomic E-state index is -0.295. The second-order valence-corrected chi connectivity index (χ2v) is 7.98. The number of pyridine rings is 1. The highest BCUT2D eigenvalue weighted by Crippen LogP contribution is 2.27. The Kier molecular flexibility index (Phi) is 5.56. The van der Waals surface area contributed by atoms with E-state index in [-0.39, 0.29) is 17.4 Å². The molecule has 0 atom stereocenters. The molecule has 1 aliphatic heterocycles. The van der Waals surface area contributed by atoms with Crippen molar-refractivity contribution in [1.82, 2.24) is 24.9 Å². The van der Waals surface area contributed by atoms with E-state index >= 15 is 0 Å². The van der Waals surface area contributed by atoms with Crippen LogP contribution >= 0.6 is 0 Å². The summed E-state index contributed by atoms with van der Waals surface area (Å²) >= 11 is 0. The number of halogens is 1. The van der Waals surface area contributed by atoms with E-state index in [9.17, 15) is 9.18 Å². The Bertz CT molecular complexity index is 1270. The second-order valence-electron chi connectivity index (χ2n) is 7.98. The summed E-state index contributed by atoms with van der Waals surface area (Å²) in [6.07, 6.45) is 3.32. The maximum absolute atomic E-state index is 13.9. The van der Waals surface area contributed by atoms with Gasteiger partial charge in [-0.25, -0.2) is 9.07 Å². The molecule has 0 bridgehead atoms. The fourth-order valence-corrected chi connectivity index (χ4v) is 4.09. The molecular formula is C25H23FN6O. The van der Waals surface area contributed by atoms with Crippen LogP contribution in [0, 0.1) is 12.7 Å². The van der Waals surface area contributed by atoms with Gasteiger partial charge in [0, 0.05) is 49.8 Å². The number of aryl methyl sites for hydroxylation is 1. The molecule has 0 radical (unpaired) electrons. The lowest BCUT2D eigenvalue weighted by Crippen LogP contribution is -2.49. The van der Waals surface area contributed by atoms with Crippen LogP contribution in [0.25, 0.3) is 16.9 Å². The van der Waals surface area contributed by atoms with Gasteiger partial charge in [0.2, 0.25) is 0 Å². The number of benzene rings is 2. The van der Waals surface area contributed by atoms with Crippen LogP contribution in [0.1, 0.15) is 16.1 Å². The first-order valence-electron chi connectivity index (χ1n) is 10.8. The third-order valence-electron chi connectivity index (χ3n) is 5.90. The number of amides is 1. The van der Waals surface area contributed by atoms with Gasteiger partial charge in [-0.1, -0.05) is 23.4 Å². The lowest BCUT2D eigenvalue weighted by molar-refractivity contribution is 0.0741. The number of aromatic nitrogens is 4. The second kappa shape index (κ2) is 8.82. The van der Waals surface area contributed by atoms with Crippen LogP contribution in [-0.4, -0.2) is 57.0 Å². The van der Waals surface area contributed by atoms with Gasteiger partial charge < -0.3 is 9.80 Å². The lowest BCUT2D eigenvalue weighted by atomic mass is 10.1. The van der Waals surface area contributed by atoms with Crippen molar-refractivity contribution in [2.45, 2.75) is 6.92 Å². The molecule has 2 aromatic heterocycles. The molecule has 2 aromatic carbocycles. The van der Waals surface area contributed by atoms with E-state index in [0.717, 1.165) is 24.3 Å². The maximum atomic E-state index is 13.9. The Morgan fingerprint density at radius 2 is 1.64 bits per heavy atom. The molecule has 5 rings (SSSR count). The van der Waals surface area contributed by atoms with E-state index in [2.05, 4.69) is 32.3 Å². The van der Waals surface area contributed by atoms with E-state index in [1.54, 1.807) is 36.1 Å². The van der Waals surface area contributed by atoms with Crippen molar-refractivity contribution < 1.29 is 9.18 Å². The van der Waals surface area contributed by atoms with Gasteiger partial charge in [-0.15, -0.1) is 5.10 Å². The number of hydrogen-bond acceptors (Lipinski definition) is 5. The standard InChI is InChI=1S/C25H23FN6O/c1-18-17-21(7-8-22(18)26)32-24(19-9-11-27-12-10-19)23(28-29-32)25(33)31-15-13-30(14-16-31)20-5-3-2-4-6-20/h2-12,17H,13-16H2,1H3. The minimum absolute atomic E-state index is 0.167. The largest absolute Gasteiger partial charge is 0.368 e. The quantitative estimate of drug-likeness (QED) is 0.482. The molecule has 33 heavy (non-hydrogen) atoms. The van der Waals surface area contributed by atoms with E-state index < -0.39 is 0 Å². The minimum Gasteiger partial charge on any atom is -0.368 e. The number of rotatable bonds is 4. The molecule has 0 N–H and O–H groups in total. The van der Waals surface area contributed by atoms with Gasteiger partial charge in [0.15, 0.2) is 5.69 Å². The van der Waals surface area contributed by atoms with Gasteiger partial charge in [-0.2, -0.15) is 0 Å². The predicted octanol–water partition coefficient (Wildman–Crippen LogP) is 3.74. The summed E-state index contributed by atoms with van der Waals surface area (Å²) in [4.78, 5) is 21.7. The fourth-order valence-electron chi connectivity index (χ4n) is 4.09. The highest BCUT2D eigenvalue weighted by molar-refractivity contribution is 5.98. The van der Waals surface area contributed by atoms with Crippen LogP contribution in [0.3, 0.4) is 0 Å². The van der Waals surface area contributed by atoms with Crippen LogP contribution in [0.15, 0.2) is 73.1 Å². The zero-order valence-corrected chi connectivity index (χ0v) is 18.2. The molecule has 4 aromatic rings. The van der Waals surface area contributed by atoms with Crippen molar-refractivity contribution in [2.24, 2.45) is 0 Å². The summed E-state index contributed by atoms with van der Waals surface area (Å²) in [6, 6.07) is 18.5. The molecule has 8 heteroatoms. The third kappa shape index (κ3) is 4.07. The number of anilines is 1. The van der Waals surface area contributed by atoms with Crippen LogP contribution < -0.4 is 4.90 Å². The summed E-state index contributed by atoms with van der Waals surface area (Å²) in [5.41, 5.74) is 3.90. The Balaban J connectivity index is 1.46. The lowest BCUT2D eigenvalue weighted by Gasteiger charge is -2.35. The third-order valence-corrected chi connectivity index (χ3v) is 5.90. The van der Waals surface area contributed by atoms with Crippen LogP contribution in [0.2, 0.25) is 0 Å². The number of para-hydroxylation sites is 1. The summed E-state index contributed by atoms with van der Waals surface area (Å²) in [5, 5.41) is 8.55. The van der Waals surface area contributed by atoms with E-state index in [4.69, 9.17) is 0 Å². The molecule has 1 fully saturated rings. The first-order valence-corrected chi connectivity index (χ1v) is 10.8. The van der Waals surface area contributed by atoms with Crippen molar-refractivity contribution in [3.8, 4) is 16.9 Å². The zero-order valence-electron chi connectivity index (χ0n) is 18.2. The van der Waals surface area contributed by atoms with Gasteiger partial charge in [0.05, 0.1) is 5.69 Å². The van der Waals surface area contributed by atoms with Crippen molar-refractivity contribution >= 4 is 11.6 Å². The maximum Gasteiger partial charge on any atom is 0.276 e. The van der Waals surface area contributed by atoms with E-state index in [1.165, 1.54) is 6.07 Å². The topological polar surface area (TPSA) is 67.2 Å². The van der Waals surface area contributed by atoms with Crippen molar-refractivity contribution in [3.05, 3.63) is 90.1 Å². The van der Waals surface area contributed by atoms with Crippen molar-refractivity contribution in [3.63, 3.8) is 0 Å². The van der Waals surface area contributed by atoms with Gasteiger partial charge >= 0.3 is 0 Å². The number of hydrogen-bond donors (Lipinski definition) is 0. The molecule has 166 valence electrons. The molecule has 0 aliphatic carbocycles. The van der Waals surface area contributed by atoms with Gasteiger partial charge in [-0.3, -0.25) is 9.78 Å². The predicted molar refractivity (Wildman–Crippen MR) is 124 cm³/mol. The summed E-state index contributed by atoms with van der Waals surface area (Å²) in [6.45, 7) is 4.36. The molecule has 7 nitrogen and oxygen atoms in total. The van der Waals surface area contributed by atoms with E-state index in [1.807, 2.05) is 35.2 Å². The highest BCUT2D eigenvalue weighted by Gasteiger charge is 2.29. The van der Waals surface area contributed by atoms with E-state index in [0.29, 0.717) is 30.0 Å².